The normalized spacial score (nSPS) is 21.0. The van der Waals surface area contributed by atoms with E-state index < -0.39 is 11.6 Å². The van der Waals surface area contributed by atoms with Crippen LogP contribution < -0.4 is 15.4 Å². The number of anilines is 2. The first-order valence-corrected chi connectivity index (χ1v) is 16.8. The van der Waals surface area contributed by atoms with E-state index in [9.17, 15) is 14.4 Å². The summed E-state index contributed by atoms with van der Waals surface area (Å²) in [5, 5.41) is 13.9. The van der Waals surface area contributed by atoms with Gasteiger partial charge in [-0.2, -0.15) is 25.0 Å². The van der Waals surface area contributed by atoms with E-state index in [1.54, 1.807) is 6.07 Å². The molecule has 3 atom stereocenters. The lowest BCUT2D eigenvalue weighted by Crippen LogP contribution is -2.57. The fourth-order valence-electron chi connectivity index (χ4n) is 7.26. The summed E-state index contributed by atoms with van der Waals surface area (Å²) < 4.78 is 39.1. The van der Waals surface area contributed by atoms with Gasteiger partial charge in [-0.15, -0.1) is 0 Å². The van der Waals surface area contributed by atoms with Gasteiger partial charge in [0.25, 0.3) is 0 Å². The number of benzene rings is 2. The highest BCUT2D eigenvalue weighted by Gasteiger charge is 2.44. The van der Waals surface area contributed by atoms with Gasteiger partial charge in [0.1, 0.15) is 29.8 Å². The zero-order valence-electron chi connectivity index (χ0n) is 25.7. The van der Waals surface area contributed by atoms with Crippen LogP contribution in [0.2, 0.25) is 5.02 Å². The maximum atomic E-state index is 16.8. The van der Waals surface area contributed by atoms with Gasteiger partial charge in [0.2, 0.25) is 0 Å². The molecule has 2 unspecified atom stereocenters. The first-order valence-electron chi connectivity index (χ1n) is 15.6. The molecule has 0 spiro atoms. The molecule has 1 amide bonds. The number of nitrogens with zero attached hydrogens (tertiary/aromatic N) is 9. The Hall–Kier alpha value is -4.65. The number of ether oxygens (including phenoxy) is 1. The van der Waals surface area contributed by atoms with Crippen LogP contribution in [0.4, 0.5) is 24.5 Å². The van der Waals surface area contributed by atoms with Crippen LogP contribution in [0.5, 0.6) is 6.01 Å². The molecule has 0 radical (unpaired) electrons. The number of hydrogen-bond acceptors (Lipinski definition) is 11. The minimum Gasteiger partial charge on any atom is -0.462 e. The predicted molar refractivity (Wildman–Crippen MR) is 177 cm³/mol. The summed E-state index contributed by atoms with van der Waals surface area (Å²) >= 11 is 7.81. The maximum absolute atomic E-state index is 16.8. The van der Waals surface area contributed by atoms with Gasteiger partial charge in [0.15, 0.2) is 10.9 Å². The van der Waals surface area contributed by atoms with Crippen LogP contribution in [0.15, 0.2) is 30.6 Å². The fourth-order valence-corrected chi connectivity index (χ4v) is 8.32. The van der Waals surface area contributed by atoms with Crippen molar-refractivity contribution in [1.29, 1.82) is 5.26 Å². The molecule has 2 aromatic carbocycles. The van der Waals surface area contributed by atoms with Gasteiger partial charge in [-0.05, 0) is 57.5 Å². The Balaban J connectivity index is 1.21. The Labute approximate surface area is 282 Å². The van der Waals surface area contributed by atoms with Crippen LogP contribution in [0.3, 0.4) is 0 Å². The van der Waals surface area contributed by atoms with E-state index in [1.807, 2.05) is 22.9 Å². The number of nitrogen functional groups attached to an aromatic ring is 1. The number of likely N-dealkylation sites (tertiary alicyclic amines) is 1. The van der Waals surface area contributed by atoms with Crippen molar-refractivity contribution in [3.63, 3.8) is 0 Å². The van der Waals surface area contributed by atoms with E-state index in [0.717, 1.165) is 43.6 Å². The highest BCUT2D eigenvalue weighted by atomic mass is 35.5. The minimum atomic E-state index is -0.716. The van der Waals surface area contributed by atoms with Crippen LogP contribution in [0.1, 0.15) is 31.2 Å². The fraction of sp³-hybridized carbons (Fsp3) is 0.375. The molecule has 16 heteroatoms. The topological polar surface area (TPSA) is 142 Å². The second-order valence-electron chi connectivity index (χ2n) is 12.5. The molecule has 8 rings (SSSR count). The smallest absolute Gasteiger partial charge is 0.345 e. The van der Waals surface area contributed by atoms with E-state index in [2.05, 4.69) is 20.0 Å². The number of nitriles is 1. The molecule has 12 nitrogen and oxygen atoms in total. The van der Waals surface area contributed by atoms with Crippen molar-refractivity contribution in [1.82, 2.24) is 34.5 Å². The van der Waals surface area contributed by atoms with Crippen molar-refractivity contribution in [2.75, 3.05) is 43.9 Å². The lowest BCUT2D eigenvalue weighted by Gasteiger charge is -2.41. The molecule has 246 valence electrons. The molecule has 3 saturated heterocycles. The van der Waals surface area contributed by atoms with Crippen molar-refractivity contribution in [3.8, 4) is 23.2 Å². The number of hydrogen-bond donors (Lipinski definition) is 1. The first kappa shape index (κ1) is 30.7. The van der Waals surface area contributed by atoms with Crippen molar-refractivity contribution in [3.05, 3.63) is 52.8 Å². The number of amides is 1. The summed E-state index contributed by atoms with van der Waals surface area (Å²) in [6.07, 6.45) is 6.33. The second-order valence-corrected chi connectivity index (χ2v) is 13.9. The summed E-state index contributed by atoms with van der Waals surface area (Å²) in [5.74, 6) is -0.783. The van der Waals surface area contributed by atoms with Gasteiger partial charge in [-0.25, -0.2) is 18.6 Å². The van der Waals surface area contributed by atoms with Gasteiger partial charge in [0, 0.05) is 35.6 Å². The van der Waals surface area contributed by atoms with Crippen LogP contribution in [-0.2, 0) is 0 Å². The number of carbonyl (C=O) groups is 1. The summed E-state index contributed by atoms with van der Waals surface area (Å²) in [6.45, 7) is 2.14. The van der Waals surface area contributed by atoms with Crippen molar-refractivity contribution in [2.45, 2.75) is 43.8 Å². The predicted octanol–water partition coefficient (Wildman–Crippen LogP) is 5.28. The Morgan fingerprint density at radius 1 is 1.17 bits per heavy atom. The average molecular weight is 691 g/mol. The van der Waals surface area contributed by atoms with E-state index in [4.69, 9.17) is 27.1 Å². The van der Waals surface area contributed by atoms with Gasteiger partial charge >= 0.3 is 12.0 Å². The molecule has 48 heavy (non-hydrogen) atoms. The van der Waals surface area contributed by atoms with Crippen molar-refractivity contribution in [2.24, 2.45) is 0 Å². The molecule has 2 bridgehead atoms. The summed E-state index contributed by atoms with van der Waals surface area (Å²) in [4.78, 5) is 33.2. The number of piperazine rings is 1. The summed E-state index contributed by atoms with van der Waals surface area (Å²) in [5.41, 5.74) is 6.75. The van der Waals surface area contributed by atoms with Crippen LogP contribution in [0, 0.1) is 23.0 Å². The molecule has 5 aromatic rings. The summed E-state index contributed by atoms with van der Waals surface area (Å²) in [6, 6.07) is 5.87. The number of likely N-dealkylation sites (N-methyl/N-ethyl adjacent to an activating group) is 1. The molecule has 3 aliphatic rings. The highest BCUT2D eigenvalue weighted by Crippen LogP contribution is 2.43. The van der Waals surface area contributed by atoms with E-state index in [-0.39, 0.29) is 61.6 Å². The zero-order valence-corrected chi connectivity index (χ0v) is 27.3. The Morgan fingerprint density at radius 2 is 1.96 bits per heavy atom. The number of nitrogens with two attached hydrogens (primary N) is 1. The SMILES string of the molecule is CN1CCC[C@H]1COc1nc(N2CC3CCC(C2)N3C(=O)n2cc(C#N)cn2)c2cc(Cl)c(-c3ccc(F)c4sc(N)nc34)c(F)c2n1. The second kappa shape index (κ2) is 11.8. The molecular formula is C32H29ClF2N10O2S. The van der Waals surface area contributed by atoms with Crippen LogP contribution in [0.25, 0.3) is 32.2 Å². The number of rotatable bonds is 5. The third-order valence-corrected chi connectivity index (χ3v) is 10.8. The highest BCUT2D eigenvalue weighted by molar-refractivity contribution is 7.22. The summed E-state index contributed by atoms with van der Waals surface area (Å²) in [7, 11) is 2.04. The molecule has 3 aromatic heterocycles. The standard InChI is InChI=1S/C32H29ClF2N10O2S/c1-42-8-2-3-19(42)15-47-31-40-26-21(9-22(33)24(25(26)35)20-6-7-23(34)28-27(20)39-30(37)48-28)29(41-31)43-13-17-4-5-18(14-43)45(17)32(46)44-12-16(10-36)11-38-44/h6-7,9,11-12,17-19H,2-5,8,13-15H2,1H3,(H2,37,39)/t17?,18?,19-/m0/s1. The molecule has 3 fully saturated rings. The molecule has 0 aliphatic carbocycles. The van der Waals surface area contributed by atoms with Gasteiger partial charge < -0.3 is 25.2 Å². The zero-order chi connectivity index (χ0) is 33.3. The number of fused-ring (bicyclic) bond motifs is 4. The van der Waals surface area contributed by atoms with Crippen LogP contribution in [-0.4, -0.2) is 92.0 Å². The van der Waals surface area contributed by atoms with E-state index >= 15 is 4.39 Å². The number of carbonyl (C=O) groups excluding carboxylic acids is 1. The molecule has 2 N–H and O–H groups in total. The van der Waals surface area contributed by atoms with Gasteiger partial charge in [-0.1, -0.05) is 22.9 Å². The van der Waals surface area contributed by atoms with E-state index in [0.29, 0.717) is 42.0 Å². The van der Waals surface area contributed by atoms with Gasteiger partial charge in [-0.3, -0.25) is 0 Å². The molecule has 6 heterocycles. The first-order chi connectivity index (χ1) is 23.2. The van der Waals surface area contributed by atoms with Crippen LogP contribution >= 0.6 is 22.9 Å². The maximum Gasteiger partial charge on any atom is 0.345 e. The lowest BCUT2D eigenvalue weighted by molar-refractivity contribution is 0.160. The minimum absolute atomic E-state index is 0.00119. The Bertz CT molecular complexity index is 2140. The quantitative estimate of drug-likeness (QED) is 0.259. The molecule has 3 aliphatic heterocycles. The van der Waals surface area contributed by atoms with Gasteiger partial charge in [0.05, 0.1) is 45.3 Å². The van der Waals surface area contributed by atoms with Crippen molar-refractivity contribution < 1.29 is 18.3 Å². The van der Waals surface area contributed by atoms with Crippen molar-refractivity contribution >= 4 is 61.0 Å². The molecular weight excluding hydrogens is 662 g/mol. The van der Waals surface area contributed by atoms with E-state index in [1.165, 1.54) is 29.2 Å². The number of thiazole rings is 1. The molecule has 0 saturated carbocycles. The average Bonchev–Trinajstić information content (AvgIpc) is 3.86. The Kier molecular flexibility index (Phi) is 7.54. The Morgan fingerprint density at radius 3 is 2.67 bits per heavy atom. The third kappa shape index (κ3) is 5.06. The lowest BCUT2D eigenvalue weighted by atomic mass is 10.0. The largest absolute Gasteiger partial charge is 0.462 e. The third-order valence-electron chi connectivity index (χ3n) is 9.61. The number of aromatic nitrogens is 5. The number of halogens is 3. The monoisotopic (exact) mass is 690 g/mol.